The predicted molar refractivity (Wildman–Crippen MR) is 124 cm³/mol. The van der Waals surface area contributed by atoms with Gasteiger partial charge in [0.2, 0.25) is 0 Å². The van der Waals surface area contributed by atoms with Crippen LogP contribution in [0.2, 0.25) is 0 Å². The van der Waals surface area contributed by atoms with Gasteiger partial charge in [-0.2, -0.15) is 0 Å². The summed E-state index contributed by atoms with van der Waals surface area (Å²) in [5, 5.41) is 26.1. The van der Waals surface area contributed by atoms with Crippen molar-refractivity contribution in [2.75, 3.05) is 19.8 Å². The van der Waals surface area contributed by atoms with E-state index in [2.05, 4.69) is 10.2 Å². The van der Waals surface area contributed by atoms with Crippen LogP contribution in [0.5, 0.6) is 0 Å². The predicted octanol–water partition coefficient (Wildman–Crippen LogP) is 1.51. The topological polar surface area (TPSA) is 153 Å². The van der Waals surface area contributed by atoms with Crippen LogP contribution in [-0.4, -0.2) is 78.0 Å². The maximum atomic E-state index is 14.0. The first-order chi connectivity index (χ1) is 15.8. The number of fused-ring (bicyclic) bond motifs is 1. The molecule has 12 heteroatoms. The quantitative estimate of drug-likeness (QED) is 0.188. The van der Waals surface area contributed by atoms with Crippen molar-refractivity contribution in [2.45, 2.75) is 96.8 Å². The Morgan fingerprint density at radius 1 is 1.03 bits per heavy atom. The monoisotopic (exact) mass is 508 g/mol. The van der Waals surface area contributed by atoms with Crippen LogP contribution in [0.4, 0.5) is 0 Å². The third kappa shape index (κ3) is 7.71. The normalized spacial score (nSPS) is 28.0. The number of hydrogen-bond donors (Lipinski definition) is 4. The van der Waals surface area contributed by atoms with Crippen molar-refractivity contribution in [3.8, 4) is 0 Å². The summed E-state index contributed by atoms with van der Waals surface area (Å²) in [5.41, 5.74) is -1.31. The highest BCUT2D eigenvalue weighted by molar-refractivity contribution is 7.54. The summed E-state index contributed by atoms with van der Waals surface area (Å²) in [4.78, 5) is 25.2. The van der Waals surface area contributed by atoms with E-state index in [4.69, 9.17) is 18.7 Å². The number of esters is 2. The maximum absolute atomic E-state index is 14.0. The van der Waals surface area contributed by atoms with Gasteiger partial charge in [-0.15, -0.1) is 0 Å². The smallest absolute Gasteiger partial charge is 0.342 e. The number of ether oxygens (including phenoxy) is 3. The highest BCUT2D eigenvalue weighted by Gasteiger charge is 2.67. The number of nitrogens with one attached hydrogen (secondary N) is 2. The molecule has 0 amide bonds. The summed E-state index contributed by atoms with van der Waals surface area (Å²) in [6, 6.07) is -1.93. The van der Waals surface area contributed by atoms with Crippen LogP contribution in [0.15, 0.2) is 0 Å². The Morgan fingerprint density at radius 3 is 1.85 bits per heavy atom. The van der Waals surface area contributed by atoms with Crippen molar-refractivity contribution in [1.82, 2.24) is 10.2 Å². The molecule has 0 spiro atoms. The van der Waals surface area contributed by atoms with E-state index in [-0.39, 0.29) is 31.7 Å². The minimum atomic E-state index is -4.08. The van der Waals surface area contributed by atoms with E-state index in [0.717, 1.165) is 0 Å². The molecule has 1 saturated heterocycles. The Bertz CT molecular complexity index is 712. The zero-order valence-electron chi connectivity index (χ0n) is 21.0. The summed E-state index contributed by atoms with van der Waals surface area (Å²) in [5.74, 6) is -1.06. The standard InChI is InChI=1S/C22H41N2O9P/c1-7-30-20(26)15(9-13(3)4)23-34(29,24-16(10-14(5)6)21(27)31-8-2)32-12-17-19(25)22(28)11-18(22)33-17/h13-19,25,28H,7-12H2,1-6H3,(H2,23,24,29)/t15-,16-,17+,18-,19?,22?/m0/s1. The molecule has 0 bridgehead atoms. The van der Waals surface area contributed by atoms with E-state index in [1.54, 1.807) is 13.8 Å². The largest absolute Gasteiger partial charge is 0.465 e. The van der Waals surface area contributed by atoms with Crippen molar-refractivity contribution in [3.63, 3.8) is 0 Å². The molecular formula is C22H41N2O9P. The second-order valence-corrected chi connectivity index (χ2v) is 11.7. The van der Waals surface area contributed by atoms with E-state index < -0.39 is 55.6 Å². The summed E-state index contributed by atoms with van der Waals surface area (Å²) in [6.45, 7) is 10.9. The van der Waals surface area contributed by atoms with Gasteiger partial charge in [0.15, 0.2) is 0 Å². The van der Waals surface area contributed by atoms with E-state index >= 15 is 0 Å². The fraction of sp³-hybridized carbons (Fsp3) is 0.909. The minimum Gasteiger partial charge on any atom is -0.465 e. The van der Waals surface area contributed by atoms with Crippen molar-refractivity contribution in [1.29, 1.82) is 0 Å². The first-order valence-corrected chi connectivity index (χ1v) is 13.7. The average Bonchev–Trinajstić information content (AvgIpc) is 3.33. The Hall–Kier alpha value is -1.07. The van der Waals surface area contributed by atoms with Gasteiger partial charge in [-0.3, -0.25) is 14.2 Å². The molecule has 198 valence electrons. The molecule has 6 atom stereocenters. The molecule has 0 aromatic heterocycles. The van der Waals surface area contributed by atoms with Crippen molar-refractivity contribution < 1.29 is 43.1 Å². The molecule has 1 aliphatic heterocycles. The van der Waals surface area contributed by atoms with Gasteiger partial charge in [0.25, 0.3) is 0 Å². The van der Waals surface area contributed by atoms with E-state index in [9.17, 15) is 24.4 Å². The summed E-state index contributed by atoms with van der Waals surface area (Å²) in [6.07, 6.45) is -1.63. The summed E-state index contributed by atoms with van der Waals surface area (Å²) in [7, 11) is -4.08. The zero-order valence-corrected chi connectivity index (χ0v) is 21.9. The van der Waals surface area contributed by atoms with Crippen LogP contribution in [0, 0.1) is 11.8 Å². The zero-order chi connectivity index (χ0) is 25.7. The second kappa shape index (κ2) is 12.3. The molecule has 11 nitrogen and oxygen atoms in total. The van der Waals surface area contributed by atoms with Crippen molar-refractivity contribution in [3.05, 3.63) is 0 Å². The second-order valence-electron chi connectivity index (χ2n) is 9.78. The van der Waals surface area contributed by atoms with E-state index in [0.29, 0.717) is 19.3 Å². The van der Waals surface area contributed by atoms with Crippen LogP contribution < -0.4 is 10.2 Å². The molecule has 34 heavy (non-hydrogen) atoms. The lowest BCUT2D eigenvalue weighted by Gasteiger charge is -2.30. The average molecular weight is 509 g/mol. The van der Waals surface area contributed by atoms with Gasteiger partial charge in [0.05, 0.1) is 25.9 Å². The maximum Gasteiger partial charge on any atom is 0.342 e. The van der Waals surface area contributed by atoms with Gasteiger partial charge >= 0.3 is 19.6 Å². The summed E-state index contributed by atoms with van der Waals surface area (Å²) < 4.78 is 35.5. The van der Waals surface area contributed by atoms with Gasteiger partial charge in [-0.25, -0.2) is 10.2 Å². The van der Waals surface area contributed by atoms with Crippen molar-refractivity contribution >= 4 is 19.6 Å². The van der Waals surface area contributed by atoms with Crippen LogP contribution in [0.1, 0.15) is 60.8 Å². The molecule has 4 N–H and O–H groups in total. The van der Waals surface area contributed by atoms with Crippen LogP contribution >= 0.6 is 7.67 Å². The number of carbonyl (C=O) groups is 2. The summed E-state index contributed by atoms with van der Waals surface area (Å²) >= 11 is 0. The molecule has 1 aliphatic carbocycles. The van der Waals surface area contributed by atoms with Crippen LogP contribution in [0.3, 0.4) is 0 Å². The Morgan fingerprint density at radius 2 is 1.50 bits per heavy atom. The lowest BCUT2D eigenvalue weighted by Crippen LogP contribution is -2.46. The number of aliphatic hydroxyl groups excluding tert-OH is 1. The molecule has 2 unspecified atom stereocenters. The van der Waals surface area contributed by atoms with Gasteiger partial charge in [0, 0.05) is 6.42 Å². The van der Waals surface area contributed by atoms with Crippen molar-refractivity contribution in [2.24, 2.45) is 11.8 Å². The highest BCUT2D eigenvalue weighted by Crippen LogP contribution is 2.51. The third-order valence-electron chi connectivity index (χ3n) is 5.74. The van der Waals surface area contributed by atoms with E-state index in [1.807, 2.05) is 27.7 Å². The Labute approximate surface area is 201 Å². The number of rotatable bonds is 15. The number of carbonyl (C=O) groups excluding carboxylic acids is 2. The minimum absolute atomic E-state index is 0.0632. The first kappa shape index (κ1) is 29.2. The molecule has 2 aliphatic rings. The highest BCUT2D eigenvalue weighted by atomic mass is 31.2. The fourth-order valence-electron chi connectivity index (χ4n) is 3.99. The lowest BCUT2D eigenvalue weighted by atomic mass is 10.1. The number of hydrogen-bond acceptors (Lipinski definition) is 9. The van der Waals surface area contributed by atoms with Gasteiger partial charge < -0.3 is 28.9 Å². The Kier molecular flexibility index (Phi) is 10.5. The molecular weight excluding hydrogens is 467 g/mol. The van der Waals surface area contributed by atoms with Gasteiger partial charge in [-0.1, -0.05) is 27.7 Å². The fourth-order valence-corrected chi connectivity index (χ4v) is 5.81. The molecule has 0 radical (unpaired) electrons. The number of aliphatic hydroxyl groups is 2. The molecule has 2 rings (SSSR count). The first-order valence-electron chi connectivity index (χ1n) is 12.0. The van der Waals surface area contributed by atoms with Crippen LogP contribution in [0.25, 0.3) is 0 Å². The van der Waals surface area contributed by atoms with Gasteiger partial charge in [0.1, 0.15) is 29.9 Å². The van der Waals surface area contributed by atoms with Crippen LogP contribution in [-0.2, 0) is 32.9 Å². The molecule has 0 aromatic rings. The molecule has 1 heterocycles. The Balaban J connectivity index is 2.24. The molecule has 2 fully saturated rings. The van der Waals surface area contributed by atoms with E-state index in [1.165, 1.54) is 0 Å². The SMILES string of the molecule is CCOC(=O)[C@H](CC(C)C)NP(=O)(N[C@@H](CC(C)C)C(=O)OCC)OC[C@H]1O[C@H]2CC2(O)C1O. The molecule has 0 aromatic carbocycles. The molecule has 1 saturated carbocycles. The lowest BCUT2D eigenvalue weighted by molar-refractivity contribution is -0.146. The third-order valence-corrected chi connectivity index (χ3v) is 7.56. The van der Waals surface area contributed by atoms with Gasteiger partial charge in [-0.05, 0) is 38.5 Å².